The van der Waals surface area contributed by atoms with Crippen molar-refractivity contribution in [3.8, 4) is 0 Å². The number of rotatable bonds is 2. The molecule has 0 saturated carbocycles. The van der Waals surface area contributed by atoms with Crippen molar-refractivity contribution in [2.24, 2.45) is 5.92 Å². The van der Waals surface area contributed by atoms with Gasteiger partial charge < -0.3 is 0 Å². The Bertz CT molecular complexity index is 445. The Balaban J connectivity index is 2.16. The van der Waals surface area contributed by atoms with Crippen LogP contribution >= 0.6 is 0 Å². The maximum Gasteiger partial charge on any atom is 0.230 e. The van der Waals surface area contributed by atoms with E-state index >= 15 is 0 Å². The first kappa shape index (κ1) is 11.8. The monoisotopic (exact) mass is 231 g/mol. The first-order chi connectivity index (χ1) is 8.08. The largest absolute Gasteiger partial charge is 0.296 e. The van der Waals surface area contributed by atoms with Crippen molar-refractivity contribution in [2.75, 3.05) is 0 Å². The van der Waals surface area contributed by atoms with Crippen LogP contribution in [0.4, 0.5) is 0 Å². The third-order valence-electron chi connectivity index (χ3n) is 3.45. The Kier molecular flexibility index (Phi) is 3.27. The maximum atomic E-state index is 11.7. The van der Waals surface area contributed by atoms with E-state index in [0.29, 0.717) is 12.8 Å². The maximum absolute atomic E-state index is 11.7. The van der Waals surface area contributed by atoms with E-state index < -0.39 is 0 Å². The molecule has 17 heavy (non-hydrogen) atoms. The lowest BCUT2D eigenvalue weighted by atomic mass is 9.87. The minimum Gasteiger partial charge on any atom is -0.296 e. The molecule has 1 unspecified atom stereocenters. The van der Waals surface area contributed by atoms with Gasteiger partial charge in [-0.25, -0.2) is 0 Å². The molecule has 1 aromatic rings. The summed E-state index contributed by atoms with van der Waals surface area (Å²) in [5.41, 5.74) is 3.67. The molecule has 0 aliphatic carbocycles. The molecule has 1 aliphatic heterocycles. The predicted molar refractivity (Wildman–Crippen MR) is 65.5 cm³/mol. The van der Waals surface area contributed by atoms with Crippen LogP contribution in [0.25, 0.3) is 0 Å². The third kappa shape index (κ3) is 2.54. The van der Waals surface area contributed by atoms with E-state index in [2.05, 4.69) is 31.3 Å². The summed E-state index contributed by atoms with van der Waals surface area (Å²) in [7, 11) is 0. The number of carbonyl (C=O) groups excluding carboxylic acids is 2. The topological polar surface area (TPSA) is 46.2 Å². The lowest BCUT2D eigenvalue weighted by Gasteiger charge is -2.22. The summed E-state index contributed by atoms with van der Waals surface area (Å²) < 4.78 is 0. The molecule has 1 fully saturated rings. The van der Waals surface area contributed by atoms with Crippen LogP contribution in [0.3, 0.4) is 0 Å². The third-order valence-corrected chi connectivity index (χ3v) is 3.45. The smallest absolute Gasteiger partial charge is 0.230 e. The molecule has 1 aromatic carbocycles. The van der Waals surface area contributed by atoms with Crippen LogP contribution in [0.1, 0.15) is 29.5 Å². The van der Waals surface area contributed by atoms with Crippen molar-refractivity contribution in [2.45, 2.75) is 33.1 Å². The summed E-state index contributed by atoms with van der Waals surface area (Å²) in [6.45, 7) is 4.13. The van der Waals surface area contributed by atoms with Crippen molar-refractivity contribution >= 4 is 11.8 Å². The van der Waals surface area contributed by atoms with E-state index in [1.54, 1.807) is 0 Å². The second-order valence-electron chi connectivity index (χ2n) is 4.72. The van der Waals surface area contributed by atoms with Crippen LogP contribution in [0.5, 0.6) is 0 Å². The zero-order valence-electron chi connectivity index (χ0n) is 10.2. The van der Waals surface area contributed by atoms with Gasteiger partial charge in [-0.1, -0.05) is 18.2 Å². The minimum absolute atomic E-state index is 0.0625. The van der Waals surface area contributed by atoms with Gasteiger partial charge in [0.05, 0.1) is 0 Å². The average Bonchev–Trinajstić information content (AvgIpc) is 2.26. The van der Waals surface area contributed by atoms with Gasteiger partial charge in [-0.3, -0.25) is 14.9 Å². The number of imide groups is 1. The number of aryl methyl sites for hydroxylation is 2. The molecule has 0 bridgehead atoms. The quantitative estimate of drug-likeness (QED) is 0.790. The molecule has 1 saturated heterocycles. The molecule has 3 nitrogen and oxygen atoms in total. The van der Waals surface area contributed by atoms with Gasteiger partial charge in [0.25, 0.3) is 0 Å². The lowest BCUT2D eigenvalue weighted by molar-refractivity contribution is -0.136. The molecular formula is C14H17NO2. The zero-order chi connectivity index (χ0) is 12.4. The molecule has 90 valence electrons. The van der Waals surface area contributed by atoms with E-state index in [9.17, 15) is 9.59 Å². The highest BCUT2D eigenvalue weighted by molar-refractivity contribution is 5.98. The molecule has 1 N–H and O–H groups in total. The molecule has 2 rings (SSSR count). The average molecular weight is 231 g/mol. The molecule has 0 spiro atoms. The fraction of sp³-hybridized carbons (Fsp3) is 0.429. The second kappa shape index (κ2) is 4.70. The predicted octanol–water partition coefficient (Wildman–Crippen LogP) is 1.90. The molecular weight excluding hydrogens is 214 g/mol. The van der Waals surface area contributed by atoms with Crippen molar-refractivity contribution < 1.29 is 9.59 Å². The summed E-state index contributed by atoms with van der Waals surface area (Å²) >= 11 is 0. The van der Waals surface area contributed by atoms with Crippen LogP contribution in [-0.2, 0) is 16.0 Å². The molecule has 0 aromatic heterocycles. The van der Waals surface area contributed by atoms with Crippen LogP contribution in [0, 0.1) is 19.8 Å². The molecule has 0 radical (unpaired) electrons. The number of carbonyl (C=O) groups is 2. The van der Waals surface area contributed by atoms with E-state index in [1.807, 2.05) is 6.07 Å². The SMILES string of the molecule is Cc1cccc(C)c1CC1CCC(=O)NC1=O. The molecule has 1 atom stereocenters. The standard InChI is InChI=1S/C14H17NO2/c1-9-4-3-5-10(2)12(9)8-11-6-7-13(16)15-14(11)17/h3-5,11H,6-8H2,1-2H3,(H,15,16,17). The highest BCUT2D eigenvalue weighted by Gasteiger charge is 2.27. The summed E-state index contributed by atoms with van der Waals surface area (Å²) in [5, 5.41) is 2.41. The van der Waals surface area contributed by atoms with Gasteiger partial charge in [0, 0.05) is 12.3 Å². The van der Waals surface area contributed by atoms with Crippen molar-refractivity contribution in [3.05, 3.63) is 34.9 Å². The Morgan fingerprint density at radius 1 is 1.24 bits per heavy atom. The fourth-order valence-corrected chi connectivity index (χ4v) is 2.35. The molecule has 3 heteroatoms. The molecule has 1 aliphatic rings. The second-order valence-corrected chi connectivity index (χ2v) is 4.72. The van der Waals surface area contributed by atoms with Crippen molar-refractivity contribution in [1.82, 2.24) is 5.32 Å². The Morgan fingerprint density at radius 3 is 2.47 bits per heavy atom. The number of hydrogen-bond acceptors (Lipinski definition) is 2. The number of piperidine rings is 1. The lowest BCUT2D eigenvalue weighted by Crippen LogP contribution is -2.41. The van der Waals surface area contributed by atoms with Crippen molar-refractivity contribution in [3.63, 3.8) is 0 Å². The number of hydrogen-bond donors (Lipinski definition) is 1. The summed E-state index contributed by atoms with van der Waals surface area (Å²) in [5.74, 6) is -0.329. The van der Waals surface area contributed by atoms with Gasteiger partial charge in [-0.05, 0) is 43.4 Å². The Hall–Kier alpha value is -1.64. The Morgan fingerprint density at radius 2 is 1.88 bits per heavy atom. The number of nitrogens with one attached hydrogen (secondary N) is 1. The molecule has 2 amide bonds. The Labute approximate surface area is 101 Å². The summed E-state index contributed by atoms with van der Waals surface area (Å²) in [6.07, 6.45) is 1.86. The summed E-state index contributed by atoms with van der Waals surface area (Å²) in [6, 6.07) is 6.15. The first-order valence-corrected chi connectivity index (χ1v) is 5.96. The first-order valence-electron chi connectivity index (χ1n) is 5.96. The van der Waals surface area contributed by atoms with Crippen LogP contribution in [-0.4, -0.2) is 11.8 Å². The van der Waals surface area contributed by atoms with Crippen LogP contribution in [0.15, 0.2) is 18.2 Å². The van der Waals surface area contributed by atoms with Gasteiger partial charge in [0.15, 0.2) is 0 Å². The highest BCUT2D eigenvalue weighted by Crippen LogP contribution is 2.22. The minimum atomic E-state index is -0.146. The van der Waals surface area contributed by atoms with Gasteiger partial charge in [0.1, 0.15) is 0 Å². The van der Waals surface area contributed by atoms with Gasteiger partial charge in [0.2, 0.25) is 11.8 Å². The van der Waals surface area contributed by atoms with Crippen LogP contribution < -0.4 is 5.32 Å². The van der Waals surface area contributed by atoms with E-state index in [-0.39, 0.29) is 17.7 Å². The van der Waals surface area contributed by atoms with Gasteiger partial charge >= 0.3 is 0 Å². The normalized spacial score (nSPS) is 20.2. The highest BCUT2D eigenvalue weighted by atomic mass is 16.2. The number of amides is 2. The van der Waals surface area contributed by atoms with Gasteiger partial charge in [-0.15, -0.1) is 0 Å². The fourth-order valence-electron chi connectivity index (χ4n) is 2.35. The summed E-state index contributed by atoms with van der Waals surface area (Å²) in [4.78, 5) is 22.8. The van der Waals surface area contributed by atoms with Crippen LogP contribution in [0.2, 0.25) is 0 Å². The van der Waals surface area contributed by atoms with Gasteiger partial charge in [-0.2, -0.15) is 0 Å². The van der Waals surface area contributed by atoms with E-state index in [4.69, 9.17) is 0 Å². The van der Waals surface area contributed by atoms with E-state index in [0.717, 1.165) is 6.42 Å². The van der Waals surface area contributed by atoms with Crippen molar-refractivity contribution in [1.29, 1.82) is 0 Å². The zero-order valence-corrected chi connectivity index (χ0v) is 10.2. The van der Waals surface area contributed by atoms with E-state index in [1.165, 1.54) is 16.7 Å². The molecule has 1 heterocycles. The number of benzene rings is 1.